The van der Waals surface area contributed by atoms with Gasteiger partial charge in [-0.2, -0.15) is 0 Å². The maximum atomic E-state index is 9.08. The lowest BCUT2D eigenvalue weighted by atomic mass is 10.1. The Morgan fingerprint density at radius 3 is 1.79 bits per heavy atom. The minimum atomic E-state index is -3.92. The van der Waals surface area contributed by atoms with Crippen LogP contribution in [0.25, 0.3) is 0 Å². The van der Waals surface area contributed by atoms with E-state index >= 15 is 0 Å². The predicted molar refractivity (Wildman–Crippen MR) is 101 cm³/mol. The van der Waals surface area contributed by atoms with Gasteiger partial charge in [0.05, 0.1) is 22.9 Å². The van der Waals surface area contributed by atoms with Crippen LogP contribution in [0.1, 0.15) is 84.5 Å². The molecule has 0 aliphatic carbocycles. The van der Waals surface area contributed by atoms with Gasteiger partial charge in [-0.25, -0.2) is 8.42 Å². The van der Waals surface area contributed by atoms with Crippen LogP contribution in [0.3, 0.4) is 0 Å². The quantitative estimate of drug-likeness (QED) is 0.426. The van der Waals surface area contributed by atoms with E-state index in [0.717, 1.165) is 0 Å². The van der Waals surface area contributed by atoms with Crippen LogP contribution in [0.2, 0.25) is 0 Å². The average Bonchev–Trinajstić information content (AvgIpc) is 2.95. The third-order valence-electron chi connectivity index (χ3n) is 4.11. The summed E-state index contributed by atoms with van der Waals surface area (Å²) in [6, 6.07) is 0. The zero-order chi connectivity index (χ0) is 18.3. The molecule has 0 bridgehead atoms. The highest BCUT2D eigenvalue weighted by Crippen LogP contribution is 2.10. The highest BCUT2D eigenvalue weighted by molar-refractivity contribution is 7.84. The largest absolute Gasteiger partial charge is 0.748 e. The first-order chi connectivity index (χ1) is 11.4. The molecule has 0 aromatic heterocycles. The summed E-state index contributed by atoms with van der Waals surface area (Å²) in [6.07, 6.45) is 23.1. The molecule has 0 radical (unpaired) electrons. The molecule has 0 saturated heterocycles. The maximum absolute atomic E-state index is 9.08. The van der Waals surface area contributed by atoms with E-state index in [4.69, 9.17) is 13.0 Å². The highest BCUT2D eigenvalue weighted by atomic mass is 32.2. The van der Waals surface area contributed by atoms with Crippen LogP contribution in [0.15, 0.2) is 24.0 Å². The Balaban J connectivity index is 0.000000922. The van der Waals surface area contributed by atoms with Gasteiger partial charge in [0.15, 0.2) is 0 Å². The van der Waals surface area contributed by atoms with Crippen molar-refractivity contribution in [2.75, 3.05) is 12.8 Å². The second kappa shape index (κ2) is 14.7. The van der Waals surface area contributed by atoms with Crippen molar-refractivity contribution in [3.8, 4) is 0 Å². The molecule has 24 heavy (non-hydrogen) atoms. The monoisotopic (exact) mass is 359 g/mol. The summed E-state index contributed by atoms with van der Waals surface area (Å²) in [5.41, 5.74) is 1.50. The smallest absolute Gasteiger partial charge is 0.102 e. The molecule has 0 saturated carbocycles. The molecule has 1 aliphatic heterocycles. The molecule has 4 nitrogen and oxygen atoms in total. The molecule has 0 aromatic carbocycles. The van der Waals surface area contributed by atoms with Gasteiger partial charge in [0.2, 0.25) is 0 Å². The fraction of sp³-hybridized carbons (Fsp3) is 0.789. The summed E-state index contributed by atoms with van der Waals surface area (Å²) in [5.74, 6) is 0. The first-order valence-electron chi connectivity index (χ1n) is 9.52. The third kappa shape index (κ3) is 17.7. The van der Waals surface area contributed by atoms with E-state index in [0.29, 0.717) is 6.26 Å². The molecule has 1 heterocycles. The van der Waals surface area contributed by atoms with E-state index in [1.807, 2.05) is 0 Å². The van der Waals surface area contributed by atoms with Crippen LogP contribution in [-0.2, 0) is 10.1 Å². The molecule has 5 heteroatoms. The van der Waals surface area contributed by atoms with E-state index in [1.165, 1.54) is 82.7 Å². The minimum absolute atomic E-state index is 0.604. The van der Waals surface area contributed by atoms with E-state index in [2.05, 4.69) is 32.3 Å². The van der Waals surface area contributed by atoms with Crippen LogP contribution in [0.4, 0.5) is 0 Å². The minimum Gasteiger partial charge on any atom is -0.748 e. The van der Waals surface area contributed by atoms with E-state index in [-0.39, 0.29) is 0 Å². The van der Waals surface area contributed by atoms with Crippen LogP contribution in [-0.4, -0.2) is 25.8 Å². The lowest BCUT2D eigenvalue weighted by Crippen LogP contribution is -3.01. The molecular weight excluding hydrogens is 322 g/mol. The summed E-state index contributed by atoms with van der Waals surface area (Å²) in [5, 5.41) is 0. The molecular formula is C19H37NO3S. The van der Waals surface area contributed by atoms with Gasteiger partial charge < -0.3 is 4.55 Å². The van der Waals surface area contributed by atoms with Crippen molar-refractivity contribution in [3.63, 3.8) is 0 Å². The Hall–Kier alpha value is -0.650. The van der Waals surface area contributed by atoms with Gasteiger partial charge in [-0.1, -0.05) is 65.2 Å². The lowest BCUT2D eigenvalue weighted by Gasteiger charge is -2.06. The van der Waals surface area contributed by atoms with Crippen molar-refractivity contribution < 1.29 is 17.9 Å². The maximum Gasteiger partial charge on any atom is 0.102 e. The van der Waals surface area contributed by atoms with Gasteiger partial charge in [-0.05, 0) is 19.3 Å². The Morgan fingerprint density at radius 2 is 1.38 bits per heavy atom. The van der Waals surface area contributed by atoms with E-state index in [9.17, 15) is 0 Å². The van der Waals surface area contributed by atoms with Crippen molar-refractivity contribution in [2.45, 2.75) is 84.5 Å². The standard InChI is InChI=1S/C18H33N.CH4O3S/c1-3-5-6-7-8-9-10-11-12-13-15-19-16-14-18(4-2)17-19;1-5(2,3)4/h14,16-17H,3-13,15H2,1-2H3;1H3,(H,2,3,4). The predicted octanol–water partition coefficient (Wildman–Crippen LogP) is 3.77. The van der Waals surface area contributed by atoms with Gasteiger partial charge in [-0.15, -0.1) is 0 Å². The van der Waals surface area contributed by atoms with E-state index < -0.39 is 10.1 Å². The molecule has 1 atom stereocenters. The zero-order valence-corrected chi connectivity index (χ0v) is 16.7. The topological polar surface area (TPSA) is 61.6 Å². The van der Waals surface area contributed by atoms with E-state index in [1.54, 1.807) is 4.90 Å². The molecule has 1 unspecified atom stereocenters. The number of hydrogen-bond acceptors (Lipinski definition) is 3. The summed E-state index contributed by atoms with van der Waals surface area (Å²) in [7, 11) is -3.92. The number of nitrogens with one attached hydrogen (secondary N) is 1. The van der Waals surface area contributed by atoms with Gasteiger partial charge >= 0.3 is 0 Å². The Bertz CT molecular complexity index is 447. The Kier molecular flexibility index (Phi) is 14.3. The first-order valence-corrected chi connectivity index (χ1v) is 11.3. The first kappa shape index (κ1) is 23.4. The van der Waals surface area contributed by atoms with Gasteiger partial charge in [0.1, 0.15) is 6.20 Å². The second-order valence-electron chi connectivity index (χ2n) is 6.62. The molecule has 0 amide bonds. The number of hydrogen-bond donors (Lipinski definition) is 1. The molecule has 0 aromatic rings. The molecule has 0 spiro atoms. The van der Waals surface area contributed by atoms with Crippen molar-refractivity contribution in [3.05, 3.63) is 24.0 Å². The van der Waals surface area contributed by atoms with Crippen LogP contribution in [0, 0.1) is 0 Å². The molecule has 142 valence electrons. The number of quaternary nitrogens is 1. The van der Waals surface area contributed by atoms with Crippen molar-refractivity contribution >= 4 is 10.1 Å². The lowest BCUT2D eigenvalue weighted by molar-refractivity contribution is -0.788. The summed E-state index contributed by atoms with van der Waals surface area (Å²) < 4.78 is 27.2. The average molecular weight is 360 g/mol. The number of rotatable bonds is 12. The third-order valence-corrected chi connectivity index (χ3v) is 4.11. The Labute approximate surface area is 149 Å². The van der Waals surface area contributed by atoms with Crippen LogP contribution < -0.4 is 4.90 Å². The molecule has 0 fully saturated rings. The fourth-order valence-electron chi connectivity index (χ4n) is 2.74. The molecule has 1 aliphatic rings. The molecule has 1 rings (SSSR count). The number of unbranched alkanes of at least 4 members (excludes halogenated alkanes) is 9. The van der Waals surface area contributed by atoms with Crippen LogP contribution in [0.5, 0.6) is 0 Å². The fourth-order valence-corrected chi connectivity index (χ4v) is 2.74. The summed E-state index contributed by atoms with van der Waals surface area (Å²) in [6.45, 7) is 5.81. The van der Waals surface area contributed by atoms with Gasteiger partial charge in [0, 0.05) is 17.9 Å². The van der Waals surface area contributed by atoms with Crippen molar-refractivity contribution in [1.29, 1.82) is 0 Å². The van der Waals surface area contributed by atoms with Crippen LogP contribution >= 0.6 is 0 Å². The highest BCUT2D eigenvalue weighted by Gasteiger charge is 2.08. The number of allylic oxidation sites excluding steroid dienone is 2. The summed E-state index contributed by atoms with van der Waals surface area (Å²) in [4.78, 5) is 1.55. The summed E-state index contributed by atoms with van der Waals surface area (Å²) >= 11 is 0. The molecule has 1 N–H and O–H groups in total. The van der Waals surface area contributed by atoms with Gasteiger partial charge in [-0.3, -0.25) is 4.90 Å². The zero-order valence-electron chi connectivity index (χ0n) is 15.9. The second-order valence-corrected chi connectivity index (χ2v) is 8.03. The van der Waals surface area contributed by atoms with Crippen molar-refractivity contribution in [1.82, 2.24) is 0 Å². The SMILES string of the molecule is CCCCCCCCCCCC[NH+]1C=CC(CC)=C1.CS(=O)(=O)[O-]. The normalized spacial score (nSPS) is 16.7. The Morgan fingerprint density at radius 1 is 0.917 bits per heavy atom. The van der Waals surface area contributed by atoms with Crippen molar-refractivity contribution in [2.24, 2.45) is 0 Å². The van der Waals surface area contributed by atoms with Gasteiger partial charge in [0.25, 0.3) is 0 Å².